The Balaban J connectivity index is 1.47. The molecule has 2 fully saturated rings. The number of piperazine rings is 1. The van der Waals surface area contributed by atoms with Crippen molar-refractivity contribution in [3.05, 3.63) is 23.2 Å². The highest BCUT2D eigenvalue weighted by Crippen LogP contribution is 2.32. The SMILES string of the molecule is COc1ccc(Cl)cc1N1CCN(CCC2CCC(N)CC2)CC1. The van der Waals surface area contributed by atoms with E-state index in [-0.39, 0.29) is 0 Å². The zero-order valence-electron chi connectivity index (χ0n) is 14.7. The second-order valence-corrected chi connectivity index (χ2v) is 7.65. The molecule has 0 spiro atoms. The van der Waals surface area contributed by atoms with Gasteiger partial charge in [-0.05, 0) is 62.8 Å². The summed E-state index contributed by atoms with van der Waals surface area (Å²) in [5.41, 5.74) is 7.12. The molecule has 0 bridgehead atoms. The topological polar surface area (TPSA) is 41.7 Å². The third-order valence-electron chi connectivity index (χ3n) is 5.60. The van der Waals surface area contributed by atoms with E-state index >= 15 is 0 Å². The van der Waals surface area contributed by atoms with Crippen LogP contribution in [0, 0.1) is 5.92 Å². The van der Waals surface area contributed by atoms with Crippen molar-refractivity contribution in [2.75, 3.05) is 44.7 Å². The zero-order chi connectivity index (χ0) is 16.9. The summed E-state index contributed by atoms with van der Waals surface area (Å²) in [7, 11) is 1.72. The summed E-state index contributed by atoms with van der Waals surface area (Å²) in [5, 5.41) is 0.767. The van der Waals surface area contributed by atoms with Gasteiger partial charge in [0.2, 0.25) is 0 Å². The van der Waals surface area contributed by atoms with Gasteiger partial charge in [0.05, 0.1) is 12.8 Å². The Bertz CT molecular complexity index is 523. The Hall–Kier alpha value is -0.970. The van der Waals surface area contributed by atoms with Gasteiger partial charge in [0.25, 0.3) is 0 Å². The lowest BCUT2D eigenvalue weighted by Crippen LogP contribution is -2.47. The molecular weight excluding hydrogens is 322 g/mol. The molecule has 0 unspecified atom stereocenters. The summed E-state index contributed by atoms with van der Waals surface area (Å²) in [6.07, 6.45) is 6.40. The van der Waals surface area contributed by atoms with E-state index in [1.165, 1.54) is 38.6 Å². The summed E-state index contributed by atoms with van der Waals surface area (Å²) in [6.45, 7) is 5.52. The molecular formula is C19H30ClN3O. The average Bonchev–Trinajstić information content (AvgIpc) is 2.62. The van der Waals surface area contributed by atoms with E-state index in [4.69, 9.17) is 22.1 Å². The second-order valence-electron chi connectivity index (χ2n) is 7.21. The molecule has 1 aliphatic heterocycles. The number of anilines is 1. The van der Waals surface area contributed by atoms with Crippen molar-refractivity contribution >= 4 is 17.3 Å². The predicted molar refractivity (Wildman–Crippen MR) is 101 cm³/mol. The van der Waals surface area contributed by atoms with Gasteiger partial charge >= 0.3 is 0 Å². The molecule has 0 radical (unpaired) electrons. The van der Waals surface area contributed by atoms with Gasteiger partial charge in [-0.25, -0.2) is 0 Å². The van der Waals surface area contributed by atoms with Crippen LogP contribution in [-0.2, 0) is 0 Å². The van der Waals surface area contributed by atoms with Crippen LogP contribution in [0.25, 0.3) is 0 Å². The quantitative estimate of drug-likeness (QED) is 0.883. The Morgan fingerprint density at radius 1 is 1.12 bits per heavy atom. The van der Waals surface area contributed by atoms with Crippen LogP contribution in [0.4, 0.5) is 5.69 Å². The van der Waals surface area contributed by atoms with Gasteiger partial charge < -0.3 is 15.4 Å². The minimum Gasteiger partial charge on any atom is -0.495 e. The monoisotopic (exact) mass is 351 g/mol. The normalized spacial score (nSPS) is 25.7. The van der Waals surface area contributed by atoms with Crippen molar-refractivity contribution in [3.63, 3.8) is 0 Å². The van der Waals surface area contributed by atoms with E-state index in [9.17, 15) is 0 Å². The van der Waals surface area contributed by atoms with Crippen LogP contribution in [0.2, 0.25) is 5.02 Å². The third kappa shape index (κ3) is 4.56. The molecule has 0 amide bonds. The molecule has 0 aromatic heterocycles. The molecule has 2 aliphatic rings. The minimum absolute atomic E-state index is 0.456. The Kier molecular flexibility index (Phi) is 6.25. The highest BCUT2D eigenvalue weighted by atomic mass is 35.5. The standard InChI is InChI=1S/C19H30ClN3O/c1-24-19-7-4-16(20)14-18(19)23-12-10-22(11-13-23)9-8-15-2-5-17(21)6-3-15/h4,7,14-15,17H,2-3,5-6,8-13,21H2,1H3. The third-order valence-corrected chi connectivity index (χ3v) is 5.83. The molecule has 4 nitrogen and oxygen atoms in total. The Labute approximate surface area is 150 Å². The largest absolute Gasteiger partial charge is 0.495 e. The van der Waals surface area contributed by atoms with E-state index in [1.807, 2.05) is 18.2 Å². The molecule has 1 heterocycles. The van der Waals surface area contributed by atoms with Crippen LogP contribution in [0.15, 0.2) is 18.2 Å². The van der Waals surface area contributed by atoms with Crippen molar-refractivity contribution in [1.29, 1.82) is 0 Å². The summed E-state index contributed by atoms with van der Waals surface area (Å²) >= 11 is 6.17. The van der Waals surface area contributed by atoms with Crippen molar-refractivity contribution in [2.24, 2.45) is 11.7 Å². The van der Waals surface area contributed by atoms with Crippen LogP contribution in [0.1, 0.15) is 32.1 Å². The molecule has 0 atom stereocenters. The highest BCUT2D eigenvalue weighted by molar-refractivity contribution is 6.30. The molecule has 1 aromatic carbocycles. The number of methoxy groups -OCH3 is 1. The molecule has 5 heteroatoms. The molecule has 1 aromatic rings. The van der Waals surface area contributed by atoms with E-state index < -0.39 is 0 Å². The molecule has 1 aliphatic carbocycles. The van der Waals surface area contributed by atoms with Crippen molar-refractivity contribution < 1.29 is 4.74 Å². The van der Waals surface area contributed by atoms with Gasteiger partial charge in [-0.2, -0.15) is 0 Å². The number of nitrogens with zero attached hydrogens (tertiary/aromatic N) is 2. The second kappa shape index (κ2) is 8.41. The number of nitrogens with two attached hydrogens (primary N) is 1. The number of hydrogen-bond donors (Lipinski definition) is 1. The maximum Gasteiger partial charge on any atom is 0.142 e. The fourth-order valence-corrected chi connectivity index (χ4v) is 4.13. The predicted octanol–water partition coefficient (Wildman–Crippen LogP) is 3.38. The lowest BCUT2D eigenvalue weighted by Gasteiger charge is -2.37. The Morgan fingerprint density at radius 3 is 2.50 bits per heavy atom. The van der Waals surface area contributed by atoms with Crippen LogP contribution in [-0.4, -0.2) is 50.8 Å². The van der Waals surface area contributed by atoms with Crippen LogP contribution in [0.5, 0.6) is 5.75 Å². The first-order valence-electron chi connectivity index (χ1n) is 9.22. The number of rotatable bonds is 5. The first kappa shape index (κ1) is 17.8. The van der Waals surface area contributed by atoms with Crippen LogP contribution >= 0.6 is 11.6 Å². The fourth-order valence-electron chi connectivity index (χ4n) is 3.96. The number of benzene rings is 1. The zero-order valence-corrected chi connectivity index (χ0v) is 15.5. The average molecular weight is 352 g/mol. The van der Waals surface area contributed by atoms with Gasteiger partial charge in [0, 0.05) is 37.2 Å². The van der Waals surface area contributed by atoms with Gasteiger partial charge in [-0.15, -0.1) is 0 Å². The molecule has 24 heavy (non-hydrogen) atoms. The van der Waals surface area contributed by atoms with Crippen molar-refractivity contribution in [1.82, 2.24) is 4.90 Å². The highest BCUT2D eigenvalue weighted by Gasteiger charge is 2.22. The lowest BCUT2D eigenvalue weighted by atomic mass is 9.84. The molecule has 1 saturated heterocycles. The summed E-state index contributed by atoms with van der Waals surface area (Å²) in [6, 6.07) is 6.31. The van der Waals surface area contributed by atoms with Crippen molar-refractivity contribution in [2.45, 2.75) is 38.1 Å². The number of hydrogen-bond acceptors (Lipinski definition) is 4. The maximum absolute atomic E-state index is 6.17. The number of ether oxygens (including phenoxy) is 1. The molecule has 134 valence electrons. The summed E-state index contributed by atoms with van der Waals surface area (Å²) in [5.74, 6) is 1.79. The minimum atomic E-state index is 0.456. The summed E-state index contributed by atoms with van der Waals surface area (Å²) in [4.78, 5) is 4.99. The molecule has 1 saturated carbocycles. The van der Waals surface area contributed by atoms with Gasteiger partial charge in [-0.1, -0.05) is 11.6 Å². The first-order valence-corrected chi connectivity index (χ1v) is 9.60. The molecule has 3 rings (SSSR count). The molecule has 2 N–H and O–H groups in total. The Morgan fingerprint density at radius 2 is 1.83 bits per heavy atom. The van der Waals surface area contributed by atoms with Gasteiger partial charge in [0.1, 0.15) is 5.75 Å². The number of halogens is 1. The van der Waals surface area contributed by atoms with E-state index in [2.05, 4.69) is 9.80 Å². The van der Waals surface area contributed by atoms with Gasteiger partial charge in [0.15, 0.2) is 0 Å². The van der Waals surface area contributed by atoms with Crippen LogP contribution in [0.3, 0.4) is 0 Å². The van der Waals surface area contributed by atoms with E-state index in [0.29, 0.717) is 6.04 Å². The maximum atomic E-state index is 6.17. The van der Waals surface area contributed by atoms with E-state index in [1.54, 1.807) is 7.11 Å². The van der Waals surface area contributed by atoms with Crippen molar-refractivity contribution in [3.8, 4) is 5.75 Å². The lowest BCUT2D eigenvalue weighted by molar-refractivity contribution is 0.216. The smallest absolute Gasteiger partial charge is 0.142 e. The fraction of sp³-hybridized carbons (Fsp3) is 0.684. The first-order chi connectivity index (χ1) is 11.7. The summed E-state index contributed by atoms with van der Waals surface area (Å²) < 4.78 is 5.49. The van der Waals surface area contributed by atoms with E-state index in [0.717, 1.165) is 48.6 Å². The van der Waals surface area contributed by atoms with Crippen LogP contribution < -0.4 is 15.4 Å². The van der Waals surface area contributed by atoms with Gasteiger partial charge in [-0.3, -0.25) is 4.90 Å².